The maximum atomic E-state index is 6.10. The number of pyridine rings is 1. The van der Waals surface area contributed by atoms with Crippen molar-refractivity contribution in [1.82, 2.24) is 9.88 Å². The fraction of sp³-hybridized carbons (Fsp3) is 0.500. The molecule has 0 spiro atoms. The van der Waals surface area contributed by atoms with E-state index in [2.05, 4.69) is 40.2 Å². The molecule has 0 amide bonds. The standard InChI is InChI=1S/C22H29ClN2O/c1-18-21(16-23)24-13-12-22(18)26-15-14-25(20-10-6-3-7-11-20)17-19-8-4-2-5-9-19/h2,4-5,8-9,12-13,20H,3,6-7,10-11,14-17H2,1H3. The van der Waals surface area contributed by atoms with E-state index < -0.39 is 0 Å². The molecule has 3 nitrogen and oxygen atoms in total. The predicted octanol–water partition coefficient (Wildman–Crippen LogP) is 5.34. The number of hydrogen-bond donors (Lipinski definition) is 0. The van der Waals surface area contributed by atoms with Gasteiger partial charge in [0.05, 0.1) is 11.6 Å². The third-order valence-corrected chi connectivity index (χ3v) is 5.59. The zero-order chi connectivity index (χ0) is 18.2. The molecule has 26 heavy (non-hydrogen) atoms. The third-order valence-electron chi connectivity index (χ3n) is 5.34. The van der Waals surface area contributed by atoms with E-state index in [0.29, 0.717) is 18.5 Å². The monoisotopic (exact) mass is 372 g/mol. The normalized spacial score (nSPS) is 15.3. The molecule has 4 heteroatoms. The first kappa shape index (κ1) is 19.2. The van der Waals surface area contributed by atoms with Crippen molar-refractivity contribution in [3.8, 4) is 5.75 Å². The first-order valence-corrected chi connectivity index (χ1v) is 10.2. The van der Waals surface area contributed by atoms with Crippen LogP contribution in [0.25, 0.3) is 0 Å². The van der Waals surface area contributed by atoms with Gasteiger partial charge in [-0.2, -0.15) is 0 Å². The molecule has 0 N–H and O–H groups in total. The summed E-state index contributed by atoms with van der Waals surface area (Å²) >= 11 is 5.95. The Balaban J connectivity index is 1.62. The number of rotatable bonds is 8. The highest BCUT2D eigenvalue weighted by atomic mass is 35.5. The molecule has 0 atom stereocenters. The minimum absolute atomic E-state index is 0.422. The summed E-state index contributed by atoms with van der Waals surface area (Å²) in [6, 6.07) is 13.4. The lowest BCUT2D eigenvalue weighted by Crippen LogP contribution is -2.39. The Morgan fingerprint density at radius 3 is 2.62 bits per heavy atom. The average Bonchev–Trinajstić information content (AvgIpc) is 2.70. The molecule has 2 aromatic rings. The summed E-state index contributed by atoms with van der Waals surface area (Å²) in [7, 11) is 0. The fourth-order valence-corrected chi connectivity index (χ4v) is 4.05. The third kappa shape index (κ3) is 5.21. The van der Waals surface area contributed by atoms with Gasteiger partial charge in [0.25, 0.3) is 0 Å². The molecule has 1 saturated carbocycles. The SMILES string of the molecule is Cc1c(OCCN(Cc2ccccc2)C2CCCCC2)ccnc1CCl. The molecule has 1 aliphatic rings. The summed E-state index contributed by atoms with van der Waals surface area (Å²) in [5, 5.41) is 0. The van der Waals surface area contributed by atoms with Gasteiger partial charge in [0, 0.05) is 30.9 Å². The van der Waals surface area contributed by atoms with E-state index in [-0.39, 0.29) is 0 Å². The molecule has 1 aromatic carbocycles. The van der Waals surface area contributed by atoms with Crippen molar-refractivity contribution < 1.29 is 4.74 Å². The molecule has 140 valence electrons. The van der Waals surface area contributed by atoms with Crippen LogP contribution in [0.15, 0.2) is 42.6 Å². The van der Waals surface area contributed by atoms with Gasteiger partial charge in [0.15, 0.2) is 0 Å². The molecule has 1 fully saturated rings. The number of aromatic nitrogens is 1. The maximum Gasteiger partial charge on any atom is 0.125 e. The number of nitrogens with zero attached hydrogens (tertiary/aromatic N) is 2. The lowest BCUT2D eigenvalue weighted by atomic mass is 9.94. The van der Waals surface area contributed by atoms with Gasteiger partial charge in [-0.25, -0.2) is 0 Å². The Hall–Kier alpha value is -1.58. The number of ether oxygens (including phenoxy) is 1. The summed E-state index contributed by atoms with van der Waals surface area (Å²) < 4.78 is 6.10. The molecule has 0 aliphatic heterocycles. The summed E-state index contributed by atoms with van der Waals surface area (Å²) in [5.41, 5.74) is 3.33. The summed E-state index contributed by atoms with van der Waals surface area (Å²) in [6.45, 7) is 4.66. The van der Waals surface area contributed by atoms with Crippen LogP contribution in [0, 0.1) is 6.92 Å². The van der Waals surface area contributed by atoms with Crippen LogP contribution in [-0.2, 0) is 12.4 Å². The van der Waals surface area contributed by atoms with Gasteiger partial charge in [-0.3, -0.25) is 9.88 Å². The van der Waals surface area contributed by atoms with Crippen LogP contribution in [0.3, 0.4) is 0 Å². The van der Waals surface area contributed by atoms with E-state index in [9.17, 15) is 0 Å². The van der Waals surface area contributed by atoms with Crippen LogP contribution in [0.4, 0.5) is 0 Å². The first-order chi connectivity index (χ1) is 12.8. The van der Waals surface area contributed by atoms with Crippen LogP contribution in [0.1, 0.15) is 48.9 Å². The molecule has 0 bridgehead atoms. The van der Waals surface area contributed by atoms with Crippen molar-refractivity contribution in [3.63, 3.8) is 0 Å². The lowest BCUT2D eigenvalue weighted by Gasteiger charge is -2.34. The zero-order valence-corrected chi connectivity index (χ0v) is 16.4. The van der Waals surface area contributed by atoms with E-state index in [1.54, 1.807) is 6.20 Å². The summed E-state index contributed by atoms with van der Waals surface area (Å²) in [6.07, 6.45) is 8.46. The molecule has 0 saturated heterocycles. The van der Waals surface area contributed by atoms with Crippen LogP contribution in [0.5, 0.6) is 5.75 Å². The molecular weight excluding hydrogens is 344 g/mol. The van der Waals surface area contributed by atoms with Crippen molar-refractivity contribution in [2.24, 2.45) is 0 Å². The van der Waals surface area contributed by atoms with Crippen LogP contribution in [0.2, 0.25) is 0 Å². The Kier molecular flexibility index (Phi) is 7.33. The van der Waals surface area contributed by atoms with Crippen molar-refractivity contribution in [3.05, 3.63) is 59.4 Å². The molecule has 1 aromatic heterocycles. The first-order valence-electron chi connectivity index (χ1n) is 9.69. The number of halogens is 1. The second-order valence-corrected chi connectivity index (χ2v) is 7.38. The predicted molar refractivity (Wildman–Crippen MR) is 108 cm³/mol. The van der Waals surface area contributed by atoms with Gasteiger partial charge in [-0.15, -0.1) is 11.6 Å². The van der Waals surface area contributed by atoms with Crippen molar-refractivity contribution in [2.75, 3.05) is 13.2 Å². The number of alkyl halides is 1. The second kappa shape index (κ2) is 9.94. The van der Waals surface area contributed by atoms with Gasteiger partial charge < -0.3 is 4.74 Å². The highest BCUT2D eigenvalue weighted by molar-refractivity contribution is 6.17. The number of benzene rings is 1. The Labute approximate surface area is 162 Å². The highest BCUT2D eigenvalue weighted by Gasteiger charge is 2.21. The minimum Gasteiger partial charge on any atom is -0.492 e. The number of hydrogen-bond acceptors (Lipinski definition) is 3. The topological polar surface area (TPSA) is 25.4 Å². The Bertz CT molecular complexity index is 671. The molecule has 1 heterocycles. The van der Waals surface area contributed by atoms with Gasteiger partial charge in [0.1, 0.15) is 12.4 Å². The molecule has 0 radical (unpaired) electrons. The van der Waals surface area contributed by atoms with Gasteiger partial charge in [-0.1, -0.05) is 49.6 Å². The quantitative estimate of drug-likeness (QED) is 0.584. The molecule has 0 unspecified atom stereocenters. The summed E-state index contributed by atoms with van der Waals surface area (Å²) in [4.78, 5) is 6.91. The van der Waals surface area contributed by atoms with Gasteiger partial charge in [0.2, 0.25) is 0 Å². The zero-order valence-electron chi connectivity index (χ0n) is 15.7. The van der Waals surface area contributed by atoms with E-state index in [1.165, 1.54) is 37.7 Å². The largest absolute Gasteiger partial charge is 0.492 e. The van der Waals surface area contributed by atoms with Crippen LogP contribution < -0.4 is 4.74 Å². The van der Waals surface area contributed by atoms with E-state index in [4.69, 9.17) is 16.3 Å². The average molecular weight is 373 g/mol. The second-order valence-electron chi connectivity index (χ2n) is 7.11. The van der Waals surface area contributed by atoms with Crippen molar-refractivity contribution in [2.45, 2.75) is 57.5 Å². The highest BCUT2D eigenvalue weighted by Crippen LogP contribution is 2.25. The molecule has 1 aliphatic carbocycles. The lowest BCUT2D eigenvalue weighted by molar-refractivity contribution is 0.123. The van der Waals surface area contributed by atoms with Crippen molar-refractivity contribution >= 4 is 11.6 Å². The van der Waals surface area contributed by atoms with Gasteiger partial charge in [-0.05, 0) is 31.4 Å². The van der Waals surface area contributed by atoms with Gasteiger partial charge >= 0.3 is 0 Å². The minimum atomic E-state index is 0.422. The Morgan fingerprint density at radius 2 is 1.88 bits per heavy atom. The molecular formula is C22H29ClN2O. The maximum absolute atomic E-state index is 6.10. The Morgan fingerprint density at radius 1 is 1.12 bits per heavy atom. The van der Waals surface area contributed by atoms with Crippen LogP contribution in [-0.4, -0.2) is 29.1 Å². The van der Waals surface area contributed by atoms with Crippen molar-refractivity contribution in [1.29, 1.82) is 0 Å². The van der Waals surface area contributed by atoms with Crippen LogP contribution >= 0.6 is 11.6 Å². The smallest absolute Gasteiger partial charge is 0.125 e. The molecule has 3 rings (SSSR count). The van der Waals surface area contributed by atoms with E-state index in [0.717, 1.165) is 30.1 Å². The van der Waals surface area contributed by atoms with E-state index >= 15 is 0 Å². The fourth-order valence-electron chi connectivity index (χ4n) is 3.78. The summed E-state index contributed by atoms with van der Waals surface area (Å²) in [5.74, 6) is 1.32. The van der Waals surface area contributed by atoms with E-state index in [1.807, 2.05) is 13.0 Å².